The lowest BCUT2D eigenvalue weighted by atomic mass is 10.1. The Morgan fingerprint density at radius 1 is 1.00 bits per heavy atom. The van der Waals surface area contributed by atoms with E-state index in [9.17, 15) is 4.79 Å². The Bertz CT molecular complexity index is 1190. The SMILES string of the molecule is CCn1nc(C)c(CCN=C(NC(=O)c2ccc(OC)cc2)Nc2ccc(OC)c(OC)c2)c1C. The second-order valence-corrected chi connectivity index (χ2v) is 7.82. The van der Waals surface area contributed by atoms with Crippen LogP contribution in [0.4, 0.5) is 5.69 Å². The van der Waals surface area contributed by atoms with Crippen molar-refractivity contribution in [1.82, 2.24) is 15.1 Å². The number of amides is 1. The molecule has 0 aliphatic carbocycles. The van der Waals surface area contributed by atoms with E-state index in [1.54, 1.807) is 57.7 Å². The Balaban J connectivity index is 1.82. The maximum atomic E-state index is 12.9. The number of nitrogens with zero attached hydrogens (tertiary/aromatic N) is 3. The molecule has 0 fully saturated rings. The summed E-state index contributed by atoms with van der Waals surface area (Å²) in [6, 6.07) is 12.3. The lowest BCUT2D eigenvalue weighted by molar-refractivity contribution is 0.0977. The Kier molecular flexibility index (Phi) is 8.72. The van der Waals surface area contributed by atoms with E-state index in [-0.39, 0.29) is 5.91 Å². The van der Waals surface area contributed by atoms with Crippen molar-refractivity contribution >= 4 is 17.6 Å². The number of carbonyl (C=O) groups is 1. The summed E-state index contributed by atoms with van der Waals surface area (Å²) in [5.41, 5.74) is 4.49. The molecular weight excluding hydrogens is 446 g/mol. The van der Waals surface area contributed by atoms with E-state index in [1.807, 2.05) is 17.7 Å². The van der Waals surface area contributed by atoms with Gasteiger partial charge in [-0.25, -0.2) is 0 Å². The van der Waals surface area contributed by atoms with Gasteiger partial charge in [-0.3, -0.25) is 19.8 Å². The van der Waals surface area contributed by atoms with Crippen molar-refractivity contribution < 1.29 is 19.0 Å². The molecule has 0 atom stereocenters. The number of aliphatic imine (C=N–C) groups is 1. The number of methoxy groups -OCH3 is 3. The first-order valence-corrected chi connectivity index (χ1v) is 11.4. The molecule has 9 heteroatoms. The number of hydrogen-bond acceptors (Lipinski definition) is 6. The van der Waals surface area contributed by atoms with Crippen molar-refractivity contribution in [3.63, 3.8) is 0 Å². The highest BCUT2D eigenvalue weighted by atomic mass is 16.5. The van der Waals surface area contributed by atoms with Gasteiger partial charge in [0.25, 0.3) is 5.91 Å². The maximum Gasteiger partial charge on any atom is 0.257 e. The van der Waals surface area contributed by atoms with E-state index >= 15 is 0 Å². The van der Waals surface area contributed by atoms with Gasteiger partial charge in [0.1, 0.15) is 5.75 Å². The van der Waals surface area contributed by atoms with Gasteiger partial charge in [0.05, 0.1) is 27.0 Å². The molecule has 0 unspecified atom stereocenters. The van der Waals surface area contributed by atoms with Crippen molar-refractivity contribution in [3.05, 3.63) is 65.0 Å². The molecule has 0 bridgehead atoms. The summed E-state index contributed by atoms with van der Waals surface area (Å²) in [5.74, 6) is 1.90. The van der Waals surface area contributed by atoms with Crippen LogP contribution in [0.25, 0.3) is 0 Å². The largest absolute Gasteiger partial charge is 0.497 e. The predicted octanol–water partition coefficient (Wildman–Crippen LogP) is 3.99. The Morgan fingerprint density at radius 3 is 2.31 bits per heavy atom. The number of benzene rings is 2. The summed E-state index contributed by atoms with van der Waals surface area (Å²) in [6.07, 6.45) is 0.702. The molecular formula is C26H33N5O4. The van der Waals surface area contributed by atoms with Crippen LogP contribution in [0.2, 0.25) is 0 Å². The molecule has 0 aliphatic heterocycles. The molecule has 0 radical (unpaired) electrons. The highest BCUT2D eigenvalue weighted by Crippen LogP contribution is 2.29. The number of nitrogens with one attached hydrogen (secondary N) is 2. The van der Waals surface area contributed by atoms with Crippen molar-refractivity contribution in [2.45, 2.75) is 33.7 Å². The number of hydrogen-bond donors (Lipinski definition) is 2. The van der Waals surface area contributed by atoms with Crippen LogP contribution < -0.4 is 24.8 Å². The van der Waals surface area contributed by atoms with Crippen LogP contribution in [0.15, 0.2) is 47.5 Å². The van der Waals surface area contributed by atoms with E-state index in [4.69, 9.17) is 14.2 Å². The molecule has 0 aliphatic rings. The minimum Gasteiger partial charge on any atom is -0.497 e. The minimum atomic E-state index is -0.287. The average Bonchev–Trinajstić information content (AvgIpc) is 3.16. The van der Waals surface area contributed by atoms with Crippen LogP contribution in [-0.4, -0.2) is 49.5 Å². The number of carbonyl (C=O) groups excluding carboxylic acids is 1. The minimum absolute atomic E-state index is 0.287. The first-order valence-electron chi connectivity index (χ1n) is 11.4. The fourth-order valence-corrected chi connectivity index (χ4v) is 3.77. The van der Waals surface area contributed by atoms with Crippen molar-refractivity contribution in [1.29, 1.82) is 0 Å². The van der Waals surface area contributed by atoms with E-state index in [0.29, 0.717) is 47.4 Å². The molecule has 1 aromatic heterocycles. The molecule has 9 nitrogen and oxygen atoms in total. The average molecular weight is 480 g/mol. The molecule has 0 saturated carbocycles. The Labute approximate surface area is 206 Å². The van der Waals surface area contributed by atoms with Gasteiger partial charge in [0.15, 0.2) is 11.5 Å². The molecule has 3 aromatic rings. The molecule has 0 saturated heterocycles. The molecule has 1 heterocycles. The maximum absolute atomic E-state index is 12.9. The summed E-state index contributed by atoms with van der Waals surface area (Å²) in [7, 11) is 4.74. The fraction of sp³-hybridized carbons (Fsp3) is 0.346. The van der Waals surface area contributed by atoms with Gasteiger partial charge >= 0.3 is 0 Å². The number of rotatable bonds is 9. The van der Waals surface area contributed by atoms with Gasteiger partial charge in [-0.1, -0.05) is 0 Å². The molecule has 0 spiro atoms. The summed E-state index contributed by atoms with van der Waals surface area (Å²) < 4.78 is 17.9. The number of anilines is 1. The third-order valence-electron chi connectivity index (χ3n) is 5.69. The highest BCUT2D eigenvalue weighted by molar-refractivity contribution is 6.10. The molecule has 2 N–H and O–H groups in total. The van der Waals surface area contributed by atoms with Crippen LogP contribution in [-0.2, 0) is 13.0 Å². The van der Waals surface area contributed by atoms with Gasteiger partial charge in [-0.05, 0) is 69.2 Å². The van der Waals surface area contributed by atoms with Crippen LogP contribution in [0.1, 0.15) is 34.2 Å². The predicted molar refractivity (Wildman–Crippen MR) is 137 cm³/mol. The van der Waals surface area contributed by atoms with Crippen LogP contribution in [0.5, 0.6) is 17.2 Å². The summed E-state index contributed by atoms with van der Waals surface area (Å²) in [6.45, 7) is 7.43. The number of ether oxygens (including phenoxy) is 3. The number of aryl methyl sites for hydroxylation is 2. The van der Waals surface area contributed by atoms with E-state index < -0.39 is 0 Å². The monoisotopic (exact) mass is 479 g/mol. The van der Waals surface area contributed by atoms with Crippen LogP contribution in [0.3, 0.4) is 0 Å². The van der Waals surface area contributed by atoms with Gasteiger partial charge < -0.3 is 19.5 Å². The summed E-state index contributed by atoms with van der Waals surface area (Å²) in [4.78, 5) is 17.6. The lowest BCUT2D eigenvalue weighted by Gasteiger charge is -2.14. The van der Waals surface area contributed by atoms with Crippen molar-refractivity contribution in [3.8, 4) is 17.2 Å². The molecule has 35 heavy (non-hydrogen) atoms. The second-order valence-electron chi connectivity index (χ2n) is 7.82. The quantitative estimate of drug-likeness (QED) is 0.356. The number of aromatic nitrogens is 2. The summed E-state index contributed by atoms with van der Waals surface area (Å²) >= 11 is 0. The zero-order valence-electron chi connectivity index (χ0n) is 21.1. The van der Waals surface area contributed by atoms with Crippen molar-refractivity contribution in [2.24, 2.45) is 4.99 Å². The van der Waals surface area contributed by atoms with Gasteiger partial charge in [0.2, 0.25) is 5.96 Å². The molecule has 2 aromatic carbocycles. The van der Waals surface area contributed by atoms with Crippen LogP contribution in [0, 0.1) is 13.8 Å². The zero-order chi connectivity index (χ0) is 25.4. The standard InChI is InChI=1S/C26H33N5O4/c1-7-31-18(3)22(17(2)30-31)14-15-27-26(28-20-10-13-23(34-5)24(16-20)35-6)29-25(32)19-8-11-21(33-4)12-9-19/h8-13,16H,7,14-15H2,1-6H3,(H2,27,28,29,32). The topological polar surface area (TPSA) is 99.0 Å². The van der Waals surface area contributed by atoms with E-state index in [2.05, 4.69) is 34.6 Å². The Hall–Kier alpha value is -4.01. The van der Waals surface area contributed by atoms with Gasteiger partial charge in [0, 0.05) is 36.1 Å². The smallest absolute Gasteiger partial charge is 0.257 e. The van der Waals surface area contributed by atoms with E-state index in [1.165, 1.54) is 5.56 Å². The summed E-state index contributed by atoms with van der Waals surface area (Å²) in [5, 5.41) is 10.7. The van der Waals surface area contributed by atoms with Gasteiger partial charge in [-0.15, -0.1) is 0 Å². The molecule has 186 valence electrons. The molecule has 1 amide bonds. The highest BCUT2D eigenvalue weighted by Gasteiger charge is 2.13. The van der Waals surface area contributed by atoms with E-state index in [0.717, 1.165) is 17.9 Å². The third-order valence-corrected chi connectivity index (χ3v) is 5.69. The zero-order valence-corrected chi connectivity index (χ0v) is 21.1. The lowest BCUT2D eigenvalue weighted by Crippen LogP contribution is -2.36. The number of guanidine groups is 1. The third kappa shape index (κ3) is 6.32. The second kappa shape index (κ2) is 11.9. The fourth-order valence-electron chi connectivity index (χ4n) is 3.77. The van der Waals surface area contributed by atoms with Crippen LogP contribution >= 0.6 is 0 Å². The Morgan fingerprint density at radius 2 is 1.71 bits per heavy atom. The molecule has 3 rings (SSSR count). The van der Waals surface area contributed by atoms with Crippen molar-refractivity contribution in [2.75, 3.05) is 33.2 Å². The first kappa shape index (κ1) is 25.6. The normalized spacial score (nSPS) is 11.2. The first-order chi connectivity index (χ1) is 16.9. The van der Waals surface area contributed by atoms with Gasteiger partial charge in [-0.2, -0.15) is 5.10 Å².